The Bertz CT molecular complexity index is 844. The molecule has 0 bridgehead atoms. The summed E-state index contributed by atoms with van der Waals surface area (Å²) in [6.45, 7) is 3.26. The number of ether oxygens (including phenoxy) is 1. The van der Waals surface area contributed by atoms with Crippen LogP contribution in [0.3, 0.4) is 0 Å². The van der Waals surface area contributed by atoms with Crippen LogP contribution in [0.2, 0.25) is 5.02 Å². The number of nitrogens with zero attached hydrogens (tertiary/aromatic N) is 2. The summed E-state index contributed by atoms with van der Waals surface area (Å²) < 4.78 is 5.81. The van der Waals surface area contributed by atoms with Crippen LogP contribution >= 0.6 is 11.6 Å². The Morgan fingerprint density at radius 2 is 1.97 bits per heavy atom. The van der Waals surface area contributed by atoms with Gasteiger partial charge < -0.3 is 20.3 Å². The molecule has 0 aromatic heterocycles. The molecule has 3 amide bonds. The van der Waals surface area contributed by atoms with E-state index in [2.05, 4.69) is 15.5 Å². The number of rotatable bonds is 3. The number of fused-ring (bicyclic) bond motifs is 1. The van der Waals surface area contributed by atoms with Crippen LogP contribution in [0.5, 0.6) is 5.75 Å². The largest absolute Gasteiger partial charge is 0.491 e. The summed E-state index contributed by atoms with van der Waals surface area (Å²) in [6.07, 6.45) is 6.02. The van der Waals surface area contributed by atoms with E-state index in [1.807, 2.05) is 14.0 Å². The fourth-order valence-corrected chi connectivity index (χ4v) is 4.53. The van der Waals surface area contributed by atoms with E-state index in [1.165, 1.54) is 12.8 Å². The number of amides is 3. The number of nitrogens with one attached hydrogen (secondary N) is 2. The fourth-order valence-electron chi connectivity index (χ4n) is 4.36. The number of likely N-dealkylation sites (N-methyl/N-ethyl adjacent to an activating group) is 1. The maximum absolute atomic E-state index is 13.0. The Morgan fingerprint density at radius 3 is 2.73 bits per heavy atom. The van der Waals surface area contributed by atoms with Gasteiger partial charge in [0.25, 0.3) is 5.91 Å². The van der Waals surface area contributed by atoms with Gasteiger partial charge in [-0.2, -0.15) is 0 Å². The van der Waals surface area contributed by atoms with Crippen molar-refractivity contribution in [3.05, 3.63) is 28.8 Å². The zero-order valence-corrected chi connectivity index (χ0v) is 20.3. The highest BCUT2D eigenvalue weighted by Gasteiger charge is 2.25. The average Bonchev–Trinajstić information content (AvgIpc) is 3.31. The van der Waals surface area contributed by atoms with Gasteiger partial charge in [-0.15, -0.1) is 0 Å². The zero-order chi connectivity index (χ0) is 23.8. The number of hydrogen-bond donors (Lipinski definition) is 2. The van der Waals surface area contributed by atoms with E-state index in [4.69, 9.17) is 16.3 Å². The topological polar surface area (TPSA) is 91.0 Å². The van der Waals surface area contributed by atoms with Crippen LogP contribution in [0.15, 0.2) is 18.2 Å². The van der Waals surface area contributed by atoms with Crippen LogP contribution in [0.4, 0.5) is 0 Å². The van der Waals surface area contributed by atoms with Crippen molar-refractivity contribution in [2.75, 3.05) is 39.8 Å². The molecule has 1 saturated carbocycles. The van der Waals surface area contributed by atoms with Gasteiger partial charge in [0, 0.05) is 24.2 Å². The minimum Gasteiger partial charge on any atom is -0.491 e. The van der Waals surface area contributed by atoms with Gasteiger partial charge in [0.15, 0.2) is 0 Å². The van der Waals surface area contributed by atoms with Gasteiger partial charge >= 0.3 is 0 Å². The second kappa shape index (κ2) is 12.2. The summed E-state index contributed by atoms with van der Waals surface area (Å²) in [5, 5.41) is 6.24. The van der Waals surface area contributed by atoms with Crippen molar-refractivity contribution in [1.29, 1.82) is 0 Å². The van der Waals surface area contributed by atoms with Gasteiger partial charge in [0.2, 0.25) is 11.8 Å². The highest BCUT2D eigenvalue weighted by atomic mass is 35.5. The van der Waals surface area contributed by atoms with Crippen LogP contribution in [0, 0.1) is 0 Å². The Kier molecular flexibility index (Phi) is 9.38. The SMILES string of the molecule is C[C@@H]1COc2ccc(Cl)cc2C(=O)NCCCCN(C(=O)CN(C)C2CCCC2)CC(=O)N1. The van der Waals surface area contributed by atoms with Gasteiger partial charge in [-0.25, -0.2) is 0 Å². The highest BCUT2D eigenvalue weighted by molar-refractivity contribution is 6.31. The molecule has 1 aromatic rings. The van der Waals surface area contributed by atoms with Gasteiger partial charge in [-0.05, 0) is 57.9 Å². The lowest BCUT2D eigenvalue weighted by molar-refractivity contribution is -0.137. The molecule has 1 aromatic carbocycles. The quantitative estimate of drug-likeness (QED) is 0.696. The number of carbonyl (C=O) groups is 3. The van der Waals surface area contributed by atoms with E-state index in [1.54, 1.807) is 23.1 Å². The molecule has 33 heavy (non-hydrogen) atoms. The summed E-state index contributed by atoms with van der Waals surface area (Å²) in [5.74, 6) is -0.105. The number of benzene rings is 1. The first kappa shape index (κ1) is 25.3. The van der Waals surface area contributed by atoms with Crippen molar-refractivity contribution >= 4 is 29.3 Å². The average molecular weight is 479 g/mol. The minimum atomic E-state index is -0.299. The fraction of sp³-hybridized carbons (Fsp3) is 0.625. The summed E-state index contributed by atoms with van der Waals surface area (Å²) in [6, 6.07) is 5.04. The van der Waals surface area contributed by atoms with Gasteiger partial charge in [-0.1, -0.05) is 24.4 Å². The maximum atomic E-state index is 13.0. The predicted molar refractivity (Wildman–Crippen MR) is 128 cm³/mol. The molecule has 8 nitrogen and oxygen atoms in total. The number of halogens is 1. The number of carbonyl (C=O) groups excluding carboxylic acids is 3. The summed E-state index contributed by atoms with van der Waals surface area (Å²) >= 11 is 6.07. The summed E-state index contributed by atoms with van der Waals surface area (Å²) in [4.78, 5) is 42.1. The van der Waals surface area contributed by atoms with Crippen LogP contribution in [0.1, 0.15) is 55.8 Å². The van der Waals surface area contributed by atoms with Crippen molar-refractivity contribution in [2.24, 2.45) is 0 Å². The summed E-state index contributed by atoms with van der Waals surface area (Å²) in [5.41, 5.74) is 0.364. The zero-order valence-electron chi connectivity index (χ0n) is 19.6. The van der Waals surface area contributed by atoms with Crippen LogP contribution < -0.4 is 15.4 Å². The molecule has 9 heteroatoms. The first-order chi connectivity index (χ1) is 15.8. The second-order valence-electron chi connectivity index (χ2n) is 9.05. The Balaban J connectivity index is 1.66. The molecule has 1 heterocycles. The molecule has 1 fully saturated rings. The highest BCUT2D eigenvalue weighted by Crippen LogP contribution is 2.24. The smallest absolute Gasteiger partial charge is 0.255 e. The van der Waals surface area contributed by atoms with E-state index in [0.717, 1.165) is 12.8 Å². The van der Waals surface area contributed by atoms with Crippen molar-refractivity contribution in [3.8, 4) is 5.75 Å². The third-order valence-corrected chi connectivity index (χ3v) is 6.48. The molecule has 1 atom stereocenters. The van der Waals surface area contributed by atoms with E-state index >= 15 is 0 Å². The molecule has 0 spiro atoms. The third-order valence-electron chi connectivity index (χ3n) is 6.24. The lowest BCUT2D eigenvalue weighted by Crippen LogP contribution is -2.48. The Hall–Kier alpha value is -2.32. The van der Waals surface area contributed by atoms with Gasteiger partial charge in [0.1, 0.15) is 12.4 Å². The van der Waals surface area contributed by atoms with E-state index in [9.17, 15) is 14.4 Å². The monoisotopic (exact) mass is 478 g/mol. The molecular weight excluding hydrogens is 444 g/mol. The van der Waals surface area contributed by atoms with E-state index < -0.39 is 0 Å². The molecule has 3 rings (SSSR count). The van der Waals surface area contributed by atoms with Gasteiger partial charge in [0.05, 0.1) is 24.7 Å². The Morgan fingerprint density at radius 1 is 1.21 bits per heavy atom. The standard InChI is InChI=1S/C24H35ClN4O4/c1-17-16-33-21-10-9-18(25)13-20(21)24(32)26-11-5-6-12-29(14-22(30)27-17)23(31)15-28(2)19-7-3-4-8-19/h9-10,13,17,19H,3-8,11-12,14-16H2,1-2H3,(H,26,32)(H,27,30)/t17-/m1/s1. The molecule has 0 saturated heterocycles. The van der Waals surface area contributed by atoms with E-state index in [-0.39, 0.29) is 36.9 Å². The lowest BCUT2D eigenvalue weighted by atomic mass is 10.1. The lowest BCUT2D eigenvalue weighted by Gasteiger charge is -2.28. The Labute approximate surface area is 201 Å². The molecule has 0 unspecified atom stereocenters. The predicted octanol–water partition coefficient (Wildman–Crippen LogP) is 2.45. The molecule has 182 valence electrons. The molecule has 1 aliphatic carbocycles. The first-order valence-electron chi connectivity index (χ1n) is 11.8. The van der Waals surface area contributed by atoms with Crippen molar-refractivity contribution in [1.82, 2.24) is 20.4 Å². The summed E-state index contributed by atoms with van der Waals surface area (Å²) in [7, 11) is 1.99. The van der Waals surface area contributed by atoms with Crippen LogP contribution in [0.25, 0.3) is 0 Å². The molecule has 2 N–H and O–H groups in total. The van der Waals surface area contributed by atoms with Crippen molar-refractivity contribution in [2.45, 2.75) is 57.5 Å². The molecule has 2 aliphatic rings. The normalized spacial score (nSPS) is 21.5. The molecule has 0 radical (unpaired) electrons. The molecule has 1 aliphatic heterocycles. The first-order valence-corrected chi connectivity index (χ1v) is 12.2. The van der Waals surface area contributed by atoms with Crippen LogP contribution in [-0.2, 0) is 9.59 Å². The van der Waals surface area contributed by atoms with Crippen LogP contribution in [-0.4, -0.2) is 79.4 Å². The van der Waals surface area contributed by atoms with Gasteiger partial charge in [-0.3, -0.25) is 19.3 Å². The second-order valence-corrected chi connectivity index (χ2v) is 9.49. The van der Waals surface area contributed by atoms with Crippen molar-refractivity contribution < 1.29 is 19.1 Å². The minimum absolute atomic E-state index is 0.0141. The molecular formula is C24H35ClN4O4. The van der Waals surface area contributed by atoms with E-state index in [0.29, 0.717) is 54.9 Å². The number of hydrogen-bond acceptors (Lipinski definition) is 5. The van der Waals surface area contributed by atoms with Crippen molar-refractivity contribution in [3.63, 3.8) is 0 Å². The third kappa shape index (κ3) is 7.61. The maximum Gasteiger partial charge on any atom is 0.255 e.